The van der Waals surface area contributed by atoms with Crippen molar-refractivity contribution in [3.63, 3.8) is 0 Å². The van der Waals surface area contributed by atoms with E-state index < -0.39 is 11.7 Å². The zero-order valence-corrected chi connectivity index (χ0v) is 15.9. The van der Waals surface area contributed by atoms with E-state index in [-0.39, 0.29) is 5.56 Å². The van der Waals surface area contributed by atoms with E-state index in [1.54, 1.807) is 6.07 Å². The molecule has 3 aromatic rings. The van der Waals surface area contributed by atoms with E-state index >= 15 is 0 Å². The summed E-state index contributed by atoms with van der Waals surface area (Å²) in [5, 5.41) is 0. The molecule has 0 atom stereocenters. The number of hydrogen-bond acceptors (Lipinski definition) is 3. The molecule has 4 nitrogen and oxygen atoms in total. The summed E-state index contributed by atoms with van der Waals surface area (Å²) in [5.74, 6) is -0.896. The maximum Gasteiger partial charge on any atom is 0.279 e. The third-order valence-corrected chi connectivity index (χ3v) is 5.27. The maximum atomic E-state index is 13.4. The molecule has 0 N–H and O–H groups in total. The summed E-state index contributed by atoms with van der Waals surface area (Å²) in [4.78, 5) is 17.4. The lowest BCUT2D eigenvalue weighted by Crippen LogP contribution is -2.19. The van der Waals surface area contributed by atoms with Crippen LogP contribution in [0.3, 0.4) is 0 Å². The Bertz CT molecular complexity index is 1020. The van der Waals surface area contributed by atoms with Gasteiger partial charge in [-0.2, -0.15) is 4.99 Å². The molecule has 136 valence electrons. The van der Waals surface area contributed by atoms with E-state index in [4.69, 9.17) is 4.74 Å². The lowest BCUT2D eigenvalue weighted by Gasteiger charge is -2.07. The Kier molecular flexibility index (Phi) is 5.64. The Morgan fingerprint density at radius 3 is 2.73 bits per heavy atom. The van der Waals surface area contributed by atoms with Gasteiger partial charge in [0.15, 0.2) is 4.80 Å². The summed E-state index contributed by atoms with van der Waals surface area (Å²) in [6.45, 7) is 7.85. The SMILES string of the molecule is CCOCCn1c(=NC(=O)c2cccc(F)c2)sc2cc(C)c(C)cc21. The number of nitrogens with zero attached hydrogens (tertiary/aromatic N) is 2. The fourth-order valence-electron chi connectivity index (χ4n) is 2.70. The first kappa shape index (κ1) is 18.5. The first-order valence-corrected chi connectivity index (χ1v) is 9.34. The van der Waals surface area contributed by atoms with Crippen molar-refractivity contribution in [3.05, 3.63) is 63.7 Å². The molecule has 0 saturated heterocycles. The number of benzene rings is 2. The maximum absolute atomic E-state index is 13.4. The lowest BCUT2D eigenvalue weighted by atomic mass is 10.1. The van der Waals surface area contributed by atoms with Gasteiger partial charge in [0.05, 0.1) is 16.8 Å². The molecule has 1 amide bonds. The highest BCUT2D eigenvalue weighted by molar-refractivity contribution is 7.16. The van der Waals surface area contributed by atoms with Crippen LogP contribution in [0.2, 0.25) is 0 Å². The van der Waals surface area contributed by atoms with Crippen LogP contribution in [0.1, 0.15) is 28.4 Å². The van der Waals surface area contributed by atoms with E-state index in [0.29, 0.717) is 24.6 Å². The molecule has 0 aliphatic heterocycles. The fraction of sp³-hybridized carbons (Fsp3) is 0.300. The predicted molar refractivity (Wildman–Crippen MR) is 102 cm³/mol. The van der Waals surface area contributed by atoms with Crippen LogP contribution in [0.4, 0.5) is 4.39 Å². The Labute approximate surface area is 155 Å². The normalized spacial score (nSPS) is 12.1. The number of rotatable bonds is 5. The molecule has 0 spiro atoms. The molecule has 0 aliphatic rings. The summed E-state index contributed by atoms with van der Waals surface area (Å²) in [6, 6.07) is 9.82. The van der Waals surface area contributed by atoms with Gasteiger partial charge in [-0.05, 0) is 62.2 Å². The van der Waals surface area contributed by atoms with Gasteiger partial charge in [0.1, 0.15) is 5.82 Å². The summed E-state index contributed by atoms with van der Waals surface area (Å²) >= 11 is 1.46. The minimum Gasteiger partial charge on any atom is -0.380 e. The number of halogens is 1. The number of carbonyl (C=O) groups excluding carboxylic acids is 1. The van der Waals surface area contributed by atoms with Crippen molar-refractivity contribution in [3.8, 4) is 0 Å². The second-order valence-electron chi connectivity index (χ2n) is 6.06. The van der Waals surface area contributed by atoms with Crippen molar-refractivity contribution in [1.29, 1.82) is 0 Å². The largest absolute Gasteiger partial charge is 0.380 e. The second kappa shape index (κ2) is 7.93. The van der Waals surface area contributed by atoms with Crippen LogP contribution in [-0.4, -0.2) is 23.7 Å². The van der Waals surface area contributed by atoms with Crippen LogP contribution in [0.15, 0.2) is 41.4 Å². The van der Waals surface area contributed by atoms with Crippen molar-refractivity contribution in [2.45, 2.75) is 27.3 Å². The zero-order chi connectivity index (χ0) is 18.7. The molecule has 0 saturated carbocycles. The summed E-state index contributed by atoms with van der Waals surface area (Å²) in [7, 11) is 0. The van der Waals surface area contributed by atoms with Crippen molar-refractivity contribution in [2.75, 3.05) is 13.2 Å². The van der Waals surface area contributed by atoms with Crippen LogP contribution in [-0.2, 0) is 11.3 Å². The summed E-state index contributed by atoms with van der Waals surface area (Å²) < 4.78 is 21.9. The highest BCUT2D eigenvalue weighted by Gasteiger charge is 2.11. The first-order valence-electron chi connectivity index (χ1n) is 8.52. The molecule has 0 unspecified atom stereocenters. The molecule has 1 heterocycles. The highest BCUT2D eigenvalue weighted by Crippen LogP contribution is 2.22. The number of ether oxygens (including phenoxy) is 1. The van der Waals surface area contributed by atoms with Crippen molar-refractivity contribution in [2.24, 2.45) is 4.99 Å². The molecular formula is C20H21FN2O2S. The third kappa shape index (κ3) is 3.92. The minimum absolute atomic E-state index is 0.242. The number of amides is 1. The molecule has 0 fully saturated rings. The van der Waals surface area contributed by atoms with Crippen LogP contribution >= 0.6 is 11.3 Å². The van der Waals surface area contributed by atoms with Gasteiger partial charge in [-0.25, -0.2) is 4.39 Å². The van der Waals surface area contributed by atoms with E-state index in [0.717, 1.165) is 10.2 Å². The van der Waals surface area contributed by atoms with Crippen LogP contribution in [0.5, 0.6) is 0 Å². The van der Waals surface area contributed by atoms with Crippen molar-refractivity contribution in [1.82, 2.24) is 4.57 Å². The number of carbonyl (C=O) groups is 1. The van der Waals surface area contributed by atoms with Gasteiger partial charge >= 0.3 is 0 Å². The highest BCUT2D eigenvalue weighted by atomic mass is 32.1. The molecule has 0 bridgehead atoms. The predicted octanol–water partition coefficient (Wildman–Crippen LogP) is 4.24. The molecule has 6 heteroatoms. The Morgan fingerprint density at radius 2 is 2.00 bits per heavy atom. The average molecular weight is 372 g/mol. The van der Waals surface area contributed by atoms with Crippen molar-refractivity contribution < 1.29 is 13.9 Å². The second-order valence-corrected chi connectivity index (χ2v) is 7.07. The smallest absolute Gasteiger partial charge is 0.279 e. The molecule has 0 aliphatic carbocycles. The molecule has 26 heavy (non-hydrogen) atoms. The van der Waals surface area contributed by atoms with Gasteiger partial charge in [-0.3, -0.25) is 4.79 Å². The van der Waals surface area contributed by atoms with E-state index in [1.165, 1.54) is 40.7 Å². The molecule has 0 radical (unpaired) electrons. The molecule has 3 rings (SSSR count). The third-order valence-electron chi connectivity index (χ3n) is 4.23. The topological polar surface area (TPSA) is 43.6 Å². The number of aromatic nitrogens is 1. The molecule has 1 aromatic heterocycles. The number of thiazole rings is 1. The summed E-state index contributed by atoms with van der Waals surface area (Å²) in [5.41, 5.74) is 3.65. The number of hydrogen-bond donors (Lipinski definition) is 0. The Hall–Kier alpha value is -2.31. The number of fused-ring (bicyclic) bond motifs is 1. The quantitative estimate of drug-likeness (QED) is 0.629. The van der Waals surface area contributed by atoms with Gasteiger partial charge in [-0.15, -0.1) is 0 Å². The van der Waals surface area contributed by atoms with Gasteiger partial charge in [-0.1, -0.05) is 17.4 Å². The van der Waals surface area contributed by atoms with Crippen molar-refractivity contribution >= 4 is 27.5 Å². The Balaban J connectivity index is 2.10. The first-order chi connectivity index (χ1) is 12.5. The molecule has 2 aromatic carbocycles. The monoisotopic (exact) mass is 372 g/mol. The van der Waals surface area contributed by atoms with Crippen LogP contribution in [0.25, 0.3) is 10.2 Å². The molecular weight excluding hydrogens is 351 g/mol. The van der Waals surface area contributed by atoms with E-state index in [1.807, 2.05) is 11.5 Å². The minimum atomic E-state index is -0.449. The van der Waals surface area contributed by atoms with Gasteiger partial charge in [0.25, 0.3) is 5.91 Å². The lowest BCUT2D eigenvalue weighted by molar-refractivity contribution is 0.0996. The van der Waals surface area contributed by atoms with Gasteiger partial charge in [0.2, 0.25) is 0 Å². The van der Waals surface area contributed by atoms with Crippen LogP contribution in [0, 0.1) is 19.7 Å². The Morgan fingerprint density at radius 1 is 1.23 bits per heavy atom. The number of aryl methyl sites for hydroxylation is 2. The van der Waals surface area contributed by atoms with Crippen LogP contribution < -0.4 is 4.80 Å². The van der Waals surface area contributed by atoms with E-state index in [9.17, 15) is 9.18 Å². The fourth-order valence-corrected chi connectivity index (χ4v) is 3.83. The summed E-state index contributed by atoms with van der Waals surface area (Å²) in [6.07, 6.45) is 0. The standard InChI is InChI=1S/C20H21FN2O2S/c1-4-25-9-8-23-17-10-13(2)14(3)11-18(17)26-20(23)22-19(24)15-6-5-7-16(21)12-15/h5-7,10-12H,4,8-9H2,1-3H3. The van der Waals surface area contributed by atoms with E-state index in [2.05, 4.69) is 31.0 Å². The average Bonchev–Trinajstić information content (AvgIpc) is 2.92. The zero-order valence-electron chi connectivity index (χ0n) is 15.1. The van der Waals surface area contributed by atoms with Gasteiger partial charge in [0, 0.05) is 18.7 Å². The van der Waals surface area contributed by atoms with Gasteiger partial charge < -0.3 is 9.30 Å².